The van der Waals surface area contributed by atoms with Gasteiger partial charge in [-0.05, 0) is 62.3 Å². The van der Waals surface area contributed by atoms with Crippen LogP contribution in [0.2, 0.25) is 0 Å². The fourth-order valence-electron chi connectivity index (χ4n) is 4.94. The average Bonchev–Trinajstić information content (AvgIpc) is 3.56. The van der Waals surface area contributed by atoms with Crippen molar-refractivity contribution in [1.29, 1.82) is 0 Å². The van der Waals surface area contributed by atoms with Crippen LogP contribution in [0.25, 0.3) is 22.2 Å². The summed E-state index contributed by atoms with van der Waals surface area (Å²) in [5.41, 5.74) is 2.89. The molecular formula is C28H30FN5O2S. The first-order valence-corrected chi connectivity index (χ1v) is 13.6. The molecule has 7 nitrogen and oxygen atoms in total. The van der Waals surface area contributed by atoms with Crippen LogP contribution in [-0.2, 0) is 10.3 Å². The SMILES string of the molecule is COc1nc2ccccc2cc1-c1cnc(C2(CCCCNc3ccc(F)cc3SC)CCC(=O)N2)[nH]1. The molecule has 192 valence electrons. The Hall–Kier alpha value is -3.59. The summed E-state index contributed by atoms with van der Waals surface area (Å²) in [4.78, 5) is 26.0. The van der Waals surface area contributed by atoms with Crippen molar-refractivity contribution in [3.8, 4) is 17.1 Å². The summed E-state index contributed by atoms with van der Waals surface area (Å²) >= 11 is 1.52. The number of fused-ring (bicyclic) bond motifs is 1. The third kappa shape index (κ3) is 5.27. The minimum absolute atomic E-state index is 0.0388. The third-order valence-corrected chi connectivity index (χ3v) is 7.65. The first-order valence-electron chi connectivity index (χ1n) is 12.4. The van der Waals surface area contributed by atoms with E-state index in [4.69, 9.17) is 9.72 Å². The molecule has 2 aromatic heterocycles. The summed E-state index contributed by atoms with van der Waals surface area (Å²) in [5, 5.41) is 7.62. The summed E-state index contributed by atoms with van der Waals surface area (Å²) < 4.78 is 19.1. The van der Waals surface area contributed by atoms with Crippen LogP contribution in [0.4, 0.5) is 10.1 Å². The number of hydrogen-bond acceptors (Lipinski definition) is 6. The van der Waals surface area contributed by atoms with Gasteiger partial charge in [0, 0.05) is 28.9 Å². The van der Waals surface area contributed by atoms with Crippen molar-refractivity contribution in [3.05, 3.63) is 66.4 Å². The van der Waals surface area contributed by atoms with E-state index in [1.54, 1.807) is 25.4 Å². The van der Waals surface area contributed by atoms with E-state index in [-0.39, 0.29) is 11.7 Å². The van der Waals surface area contributed by atoms with Gasteiger partial charge < -0.3 is 20.4 Å². The lowest BCUT2D eigenvalue weighted by molar-refractivity contribution is -0.120. The van der Waals surface area contributed by atoms with Crippen molar-refractivity contribution < 1.29 is 13.9 Å². The molecule has 2 aromatic carbocycles. The topological polar surface area (TPSA) is 91.9 Å². The van der Waals surface area contributed by atoms with E-state index >= 15 is 0 Å². The van der Waals surface area contributed by atoms with Crippen LogP contribution in [0.1, 0.15) is 37.9 Å². The van der Waals surface area contributed by atoms with E-state index in [1.165, 1.54) is 17.8 Å². The molecule has 1 aliphatic heterocycles. The molecule has 1 aliphatic rings. The number of amides is 1. The number of pyridine rings is 1. The van der Waals surface area contributed by atoms with Crippen molar-refractivity contribution in [2.24, 2.45) is 0 Å². The average molecular weight is 520 g/mol. The number of rotatable bonds is 10. The van der Waals surface area contributed by atoms with Gasteiger partial charge >= 0.3 is 0 Å². The van der Waals surface area contributed by atoms with Crippen LogP contribution >= 0.6 is 11.8 Å². The molecule has 3 N–H and O–H groups in total. The molecule has 3 heterocycles. The first kappa shape index (κ1) is 25.1. The van der Waals surface area contributed by atoms with Gasteiger partial charge in [0.15, 0.2) is 0 Å². The number of thioether (sulfide) groups is 1. The number of carbonyl (C=O) groups excluding carboxylic acids is 1. The molecule has 0 bridgehead atoms. The third-order valence-electron chi connectivity index (χ3n) is 6.87. The van der Waals surface area contributed by atoms with Gasteiger partial charge in [0.25, 0.3) is 0 Å². The molecule has 5 rings (SSSR count). The zero-order valence-electron chi connectivity index (χ0n) is 20.9. The van der Waals surface area contributed by atoms with Gasteiger partial charge in [-0.1, -0.05) is 18.2 Å². The number of anilines is 1. The highest BCUT2D eigenvalue weighted by Crippen LogP contribution is 2.37. The lowest BCUT2D eigenvalue weighted by Crippen LogP contribution is -2.40. The Morgan fingerprint density at radius 1 is 1.19 bits per heavy atom. The van der Waals surface area contributed by atoms with Gasteiger partial charge in [0.2, 0.25) is 11.8 Å². The van der Waals surface area contributed by atoms with Gasteiger partial charge in [0.05, 0.1) is 35.6 Å². The second-order valence-electron chi connectivity index (χ2n) is 9.24. The Labute approximate surface area is 219 Å². The van der Waals surface area contributed by atoms with Gasteiger partial charge in [-0.3, -0.25) is 4.79 Å². The highest BCUT2D eigenvalue weighted by molar-refractivity contribution is 7.98. The summed E-state index contributed by atoms with van der Waals surface area (Å²) in [6, 6.07) is 14.7. The van der Waals surface area contributed by atoms with E-state index in [9.17, 15) is 9.18 Å². The van der Waals surface area contributed by atoms with Crippen molar-refractivity contribution in [2.75, 3.05) is 25.2 Å². The van der Waals surface area contributed by atoms with E-state index in [0.29, 0.717) is 18.7 Å². The Kier molecular flexibility index (Phi) is 7.32. The summed E-state index contributed by atoms with van der Waals surface area (Å²) in [6.45, 7) is 0.757. The van der Waals surface area contributed by atoms with E-state index in [0.717, 1.165) is 64.4 Å². The van der Waals surface area contributed by atoms with Crippen LogP contribution < -0.4 is 15.4 Å². The Bertz CT molecular complexity index is 1420. The molecule has 1 unspecified atom stereocenters. The summed E-state index contributed by atoms with van der Waals surface area (Å²) in [7, 11) is 1.61. The maximum Gasteiger partial charge on any atom is 0.223 e. The number of nitrogens with zero attached hydrogens (tertiary/aromatic N) is 2. The normalized spacial score (nSPS) is 17.2. The van der Waals surface area contributed by atoms with Crippen molar-refractivity contribution in [2.45, 2.75) is 42.5 Å². The van der Waals surface area contributed by atoms with Crippen molar-refractivity contribution >= 4 is 34.3 Å². The molecule has 1 atom stereocenters. The summed E-state index contributed by atoms with van der Waals surface area (Å²) in [6.07, 6.45) is 7.44. The monoisotopic (exact) mass is 519 g/mol. The number of imidazole rings is 1. The highest BCUT2D eigenvalue weighted by Gasteiger charge is 2.41. The molecule has 4 aromatic rings. The van der Waals surface area contributed by atoms with Crippen LogP contribution in [0.15, 0.2) is 59.6 Å². The largest absolute Gasteiger partial charge is 0.480 e. The Balaban J connectivity index is 1.30. The summed E-state index contributed by atoms with van der Waals surface area (Å²) in [5.74, 6) is 1.08. The molecular weight excluding hydrogens is 489 g/mol. The number of hydrogen-bond donors (Lipinski definition) is 3. The molecule has 9 heteroatoms. The predicted octanol–water partition coefficient (Wildman–Crippen LogP) is 5.88. The van der Waals surface area contributed by atoms with E-state index in [1.807, 2.05) is 36.6 Å². The smallest absolute Gasteiger partial charge is 0.223 e. The fraction of sp³-hybridized carbons (Fsp3) is 0.321. The minimum atomic E-state index is -0.535. The number of unbranched alkanes of at least 4 members (excludes halogenated alkanes) is 1. The zero-order valence-corrected chi connectivity index (χ0v) is 21.8. The van der Waals surface area contributed by atoms with Crippen molar-refractivity contribution in [3.63, 3.8) is 0 Å². The van der Waals surface area contributed by atoms with Crippen LogP contribution in [0, 0.1) is 5.82 Å². The number of aromatic nitrogens is 3. The second kappa shape index (κ2) is 10.8. The maximum atomic E-state index is 13.5. The second-order valence-corrected chi connectivity index (χ2v) is 10.1. The standard InChI is InChI=1S/C28H30FN5O2S/c1-36-26-20(15-18-7-3-4-8-21(18)32-26)23-17-31-27(33-23)28(13-11-25(35)34-28)12-5-6-14-30-22-10-9-19(29)16-24(22)37-2/h3-4,7-10,15-17,30H,5-6,11-14H2,1-2H3,(H,31,33)(H,34,35). The molecule has 1 fully saturated rings. The molecule has 1 saturated heterocycles. The number of benzene rings is 2. The number of ether oxygens (including phenoxy) is 1. The van der Waals surface area contributed by atoms with Gasteiger partial charge in [-0.2, -0.15) is 0 Å². The molecule has 0 spiro atoms. The molecule has 0 radical (unpaired) electrons. The molecule has 0 aliphatic carbocycles. The predicted molar refractivity (Wildman–Crippen MR) is 145 cm³/mol. The minimum Gasteiger partial charge on any atom is -0.480 e. The number of H-pyrrole nitrogens is 1. The molecule has 37 heavy (non-hydrogen) atoms. The Morgan fingerprint density at radius 3 is 2.84 bits per heavy atom. The Morgan fingerprint density at radius 2 is 2.05 bits per heavy atom. The van der Waals surface area contributed by atoms with Gasteiger partial charge in [-0.25, -0.2) is 14.4 Å². The zero-order chi connectivity index (χ0) is 25.8. The fourth-order valence-corrected chi connectivity index (χ4v) is 5.53. The lowest BCUT2D eigenvalue weighted by Gasteiger charge is -2.27. The number of halogens is 1. The first-order chi connectivity index (χ1) is 18.0. The maximum absolute atomic E-state index is 13.5. The van der Waals surface area contributed by atoms with Crippen LogP contribution in [0.5, 0.6) is 5.88 Å². The van der Waals surface area contributed by atoms with E-state index in [2.05, 4.69) is 20.6 Å². The van der Waals surface area contributed by atoms with Gasteiger partial charge in [-0.15, -0.1) is 11.8 Å². The number of nitrogens with one attached hydrogen (secondary N) is 3. The number of methoxy groups -OCH3 is 1. The van der Waals surface area contributed by atoms with E-state index < -0.39 is 5.54 Å². The number of carbonyl (C=O) groups is 1. The number of aromatic amines is 1. The number of para-hydroxylation sites is 1. The molecule has 1 amide bonds. The highest BCUT2D eigenvalue weighted by atomic mass is 32.2. The van der Waals surface area contributed by atoms with Crippen LogP contribution in [-0.4, -0.2) is 40.8 Å². The van der Waals surface area contributed by atoms with Crippen molar-refractivity contribution in [1.82, 2.24) is 20.3 Å². The van der Waals surface area contributed by atoms with Gasteiger partial charge in [0.1, 0.15) is 11.6 Å². The lowest BCUT2D eigenvalue weighted by atomic mass is 9.90. The van der Waals surface area contributed by atoms with Crippen LogP contribution in [0.3, 0.4) is 0 Å². The quantitative estimate of drug-likeness (QED) is 0.179. The molecule has 0 saturated carbocycles.